The molecule has 1 aromatic carbocycles. The van der Waals surface area contributed by atoms with Gasteiger partial charge in [0, 0.05) is 39.2 Å². The van der Waals surface area contributed by atoms with Crippen molar-refractivity contribution in [3.63, 3.8) is 0 Å². The minimum absolute atomic E-state index is 0.198. The van der Waals surface area contributed by atoms with Crippen LogP contribution in [0.3, 0.4) is 0 Å². The standard InChI is InChI=1S/C19H30FN3O2/c1-3-21-19(22-10-8-16-4-6-18(20)7-5-16)23-11-9-17(14-23)15-25-13-12-24-2/h4-7,17H,3,8-15H2,1-2H3,(H,21,22). The molecule has 0 aliphatic carbocycles. The van der Waals surface area contributed by atoms with Crippen LogP contribution in [0.2, 0.25) is 0 Å². The molecule has 1 fully saturated rings. The van der Waals surface area contributed by atoms with Crippen molar-refractivity contribution < 1.29 is 13.9 Å². The van der Waals surface area contributed by atoms with Crippen molar-refractivity contribution in [1.82, 2.24) is 10.2 Å². The Morgan fingerprint density at radius 3 is 2.84 bits per heavy atom. The second-order valence-electron chi connectivity index (χ2n) is 6.28. The molecule has 1 atom stereocenters. The van der Waals surface area contributed by atoms with E-state index in [4.69, 9.17) is 14.5 Å². The van der Waals surface area contributed by atoms with Gasteiger partial charge in [-0.25, -0.2) is 4.39 Å². The fourth-order valence-corrected chi connectivity index (χ4v) is 2.92. The third-order valence-electron chi connectivity index (χ3n) is 4.28. The smallest absolute Gasteiger partial charge is 0.193 e. The first-order valence-corrected chi connectivity index (χ1v) is 9.07. The zero-order valence-electron chi connectivity index (χ0n) is 15.3. The number of rotatable bonds is 9. The average Bonchev–Trinajstić information content (AvgIpc) is 3.08. The second-order valence-corrected chi connectivity index (χ2v) is 6.28. The van der Waals surface area contributed by atoms with Gasteiger partial charge in [0.05, 0.1) is 19.8 Å². The van der Waals surface area contributed by atoms with Crippen molar-refractivity contribution in [1.29, 1.82) is 0 Å². The highest BCUT2D eigenvalue weighted by Crippen LogP contribution is 2.16. The third-order valence-corrected chi connectivity index (χ3v) is 4.28. The third kappa shape index (κ3) is 7.00. The van der Waals surface area contributed by atoms with Gasteiger partial charge in [-0.1, -0.05) is 12.1 Å². The molecule has 0 saturated carbocycles. The first kappa shape index (κ1) is 19.7. The van der Waals surface area contributed by atoms with E-state index >= 15 is 0 Å². The molecule has 1 heterocycles. The lowest BCUT2D eigenvalue weighted by Gasteiger charge is -2.21. The van der Waals surface area contributed by atoms with Gasteiger partial charge in [-0.2, -0.15) is 0 Å². The number of hydrogen-bond acceptors (Lipinski definition) is 3. The average molecular weight is 351 g/mol. The van der Waals surface area contributed by atoms with Crippen LogP contribution in [-0.2, 0) is 15.9 Å². The van der Waals surface area contributed by atoms with E-state index < -0.39 is 0 Å². The molecule has 6 heteroatoms. The molecule has 0 bridgehead atoms. The number of nitrogens with one attached hydrogen (secondary N) is 1. The largest absolute Gasteiger partial charge is 0.382 e. The van der Waals surface area contributed by atoms with Crippen LogP contribution in [-0.4, -0.2) is 64.0 Å². The fourth-order valence-electron chi connectivity index (χ4n) is 2.92. The van der Waals surface area contributed by atoms with E-state index in [1.165, 1.54) is 12.1 Å². The summed E-state index contributed by atoms with van der Waals surface area (Å²) in [6.07, 6.45) is 1.93. The maximum absolute atomic E-state index is 12.9. The van der Waals surface area contributed by atoms with Gasteiger partial charge < -0.3 is 19.7 Å². The van der Waals surface area contributed by atoms with Crippen LogP contribution >= 0.6 is 0 Å². The van der Waals surface area contributed by atoms with Gasteiger partial charge in [-0.15, -0.1) is 0 Å². The van der Waals surface area contributed by atoms with Gasteiger partial charge in [0.2, 0.25) is 0 Å². The molecular weight excluding hydrogens is 321 g/mol. The highest BCUT2D eigenvalue weighted by Gasteiger charge is 2.24. The van der Waals surface area contributed by atoms with Crippen molar-refractivity contribution >= 4 is 5.96 Å². The molecule has 1 N–H and O–H groups in total. The summed E-state index contributed by atoms with van der Waals surface area (Å²) in [7, 11) is 1.69. The summed E-state index contributed by atoms with van der Waals surface area (Å²) < 4.78 is 23.6. The molecule has 25 heavy (non-hydrogen) atoms. The van der Waals surface area contributed by atoms with Gasteiger partial charge >= 0.3 is 0 Å². The maximum atomic E-state index is 12.9. The van der Waals surface area contributed by atoms with E-state index in [9.17, 15) is 4.39 Å². The molecule has 1 aliphatic rings. The Morgan fingerprint density at radius 1 is 1.32 bits per heavy atom. The van der Waals surface area contributed by atoms with Crippen molar-refractivity contribution in [2.75, 3.05) is 53.1 Å². The van der Waals surface area contributed by atoms with Crippen molar-refractivity contribution in [3.8, 4) is 0 Å². The predicted octanol–water partition coefficient (Wildman–Crippen LogP) is 2.32. The fraction of sp³-hybridized carbons (Fsp3) is 0.632. The normalized spacial score (nSPS) is 18.0. The number of benzene rings is 1. The van der Waals surface area contributed by atoms with E-state index in [0.717, 1.165) is 50.6 Å². The van der Waals surface area contributed by atoms with Gasteiger partial charge in [-0.3, -0.25) is 4.99 Å². The number of ether oxygens (including phenoxy) is 2. The molecule has 140 valence electrons. The van der Waals surface area contributed by atoms with Gasteiger partial charge in [0.25, 0.3) is 0 Å². The molecule has 1 saturated heterocycles. The number of hydrogen-bond donors (Lipinski definition) is 1. The Morgan fingerprint density at radius 2 is 2.12 bits per heavy atom. The number of halogens is 1. The first-order chi connectivity index (χ1) is 12.2. The predicted molar refractivity (Wildman–Crippen MR) is 98.5 cm³/mol. The van der Waals surface area contributed by atoms with Crippen molar-refractivity contribution in [2.45, 2.75) is 19.8 Å². The molecule has 5 nitrogen and oxygen atoms in total. The van der Waals surface area contributed by atoms with Crippen LogP contribution < -0.4 is 5.32 Å². The Hall–Kier alpha value is -1.66. The quantitative estimate of drug-likeness (QED) is 0.421. The Balaban J connectivity index is 1.79. The lowest BCUT2D eigenvalue weighted by molar-refractivity contribution is 0.0536. The van der Waals surface area contributed by atoms with E-state index in [2.05, 4.69) is 17.1 Å². The number of methoxy groups -OCH3 is 1. The highest BCUT2D eigenvalue weighted by atomic mass is 19.1. The molecule has 0 radical (unpaired) electrons. The number of nitrogens with zero attached hydrogens (tertiary/aromatic N) is 2. The first-order valence-electron chi connectivity index (χ1n) is 9.07. The second kappa shape index (κ2) is 11.1. The summed E-state index contributed by atoms with van der Waals surface area (Å²) in [5.41, 5.74) is 1.10. The molecule has 0 aromatic heterocycles. The minimum atomic E-state index is -0.198. The highest BCUT2D eigenvalue weighted by molar-refractivity contribution is 5.80. The summed E-state index contributed by atoms with van der Waals surface area (Å²) in [6, 6.07) is 6.64. The number of likely N-dealkylation sites (tertiary alicyclic amines) is 1. The molecule has 1 aromatic rings. The van der Waals surface area contributed by atoms with Crippen LogP contribution in [0.15, 0.2) is 29.3 Å². The molecule has 1 unspecified atom stereocenters. The summed E-state index contributed by atoms with van der Waals surface area (Å²) in [6.45, 7) is 7.66. The van der Waals surface area contributed by atoms with Crippen LogP contribution in [0.1, 0.15) is 18.9 Å². The van der Waals surface area contributed by atoms with E-state index in [-0.39, 0.29) is 5.82 Å². The lowest BCUT2D eigenvalue weighted by atomic mass is 10.1. The number of guanidine groups is 1. The monoisotopic (exact) mass is 351 g/mol. The molecular formula is C19H30FN3O2. The molecule has 1 aliphatic heterocycles. The van der Waals surface area contributed by atoms with E-state index in [1.807, 2.05) is 12.1 Å². The Kier molecular flexibility index (Phi) is 8.69. The van der Waals surface area contributed by atoms with E-state index in [0.29, 0.717) is 25.7 Å². The molecule has 2 rings (SSSR count). The molecule has 0 amide bonds. The zero-order valence-corrected chi connectivity index (χ0v) is 15.3. The topological polar surface area (TPSA) is 46.1 Å². The van der Waals surface area contributed by atoms with Gasteiger partial charge in [0.1, 0.15) is 5.82 Å². The molecule has 0 spiro atoms. The van der Waals surface area contributed by atoms with Crippen LogP contribution in [0.25, 0.3) is 0 Å². The van der Waals surface area contributed by atoms with Crippen LogP contribution in [0, 0.1) is 11.7 Å². The van der Waals surface area contributed by atoms with E-state index in [1.54, 1.807) is 7.11 Å². The Bertz CT molecular complexity index is 522. The van der Waals surface area contributed by atoms with Crippen molar-refractivity contribution in [2.24, 2.45) is 10.9 Å². The summed E-state index contributed by atoms with van der Waals surface area (Å²) in [4.78, 5) is 7.04. The summed E-state index contributed by atoms with van der Waals surface area (Å²) in [5, 5.41) is 3.37. The zero-order chi connectivity index (χ0) is 17.9. The summed E-state index contributed by atoms with van der Waals surface area (Å²) in [5.74, 6) is 1.30. The van der Waals surface area contributed by atoms with Gasteiger partial charge in [0.15, 0.2) is 5.96 Å². The Labute approximate surface area is 150 Å². The van der Waals surface area contributed by atoms with Crippen LogP contribution in [0.5, 0.6) is 0 Å². The SMILES string of the molecule is CCNC(=NCCc1ccc(F)cc1)N1CCC(COCCOC)C1. The van der Waals surface area contributed by atoms with Crippen molar-refractivity contribution in [3.05, 3.63) is 35.6 Å². The summed E-state index contributed by atoms with van der Waals surface area (Å²) >= 11 is 0. The maximum Gasteiger partial charge on any atom is 0.193 e. The lowest BCUT2D eigenvalue weighted by Crippen LogP contribution is -2.40. The van der Waals surface area contributed by atoms with Crippen LogP contribution in [0.4, 0.5) is 4.39 Å². The minimum Gasteiger partial charge on any atom is -0.382 e. The number of aliphatic imine (C=N–C) groups is 1. The van der Waals surface area contributed by atoms with Gasteiger partial charge in [-0.05, 0) is 37.5 Å².